The maximum atomic E-state index is 12.7. The fraction of sp³-hybridized carbons (Fsp3) is 0.467. The van der Waals surface area contributed by atoms with Crippen LogP contribution in [0.1, 0.15) is 35.6 Å². The highest BCUT2D eigenvalue weighted by Crippen LogP contribution is 2.29. The quantitative estimate of drug-likeness (QED) is 0.847. The van der Waals surface area contributed by atoms with E-state index in [9.17, 15) is 8.42 Å². The van der Waals surface area contributed by atoms with Gasteiger partial charge in [-0.1, -0.05) is 36.8 Å². The first-order valence-corrected chi connectivity index (χ1v) is 8.50. The molecule has 0 aromatic heterocycles. The molecule has 1 aliphatic rings. The smallest absolute Gasteiger partial charge is 0.224 e. The van der Waals surface area contributed by atoms with Crippen LogP contribution in [0, 0.1) is 0 Å². The summed E-state index contributed by atoms with van der Waals surface area (Å²) in [6.07, 6.45) is 4.50. The molecule has 0 bridgehead atoms. The Kier molecular flexibility index (Phi) is 4.96. The highest BCUT2D eigenvalue weighted by atomic mass is 32.2. The zero-order valence-corrected chi connectivity index (χ0v) is 12.5. The topological polar surface area (TPSA) is 63.4 Å². The lowest BCUT2D eigenvalue weighted by Crippen LogP contribution is -2.38. The molecule has 0 aliphatic carbocycles. The molecule has 0 saturated carbocycles. The van der Waals surface area contributed by atoms with Crippen molar-refractivity contribution in [2.45, 2.75) is 31.1 Å². The van der Waals surface area contributed by atoms with Gasteiger partial charge in [0.1, 0.15) is 5.25 Å². The molecule has 1 saturated heterocycles. The number of rotatable bonds is 5. The fourth-order valence-electron chi connectivity index (χ4n) is 2.55. The third-order valence-corrected chi connectivity index (χ3v) is 5.95. The zero-order valence-electron chi connectivity index (χ0n) is 11.7. The molecule has 1 aromatic carbocycles. The van der Waals surface area contributed by atoms with Crippen LogP contribution in [0.2, 0.25) is 0 Å². The summed E-state index contributed by atoms with van der Waals surface area (Å²) in [6, 6.07) is 7.40. The number of sulfonamides is 1. The van der Waals surface area contributed by atoms with Crippen LogP contribution in [0.15, 0.2) is 36.9 Å². The van der Waals surface area contributed by atoms with Crippen molar-refractivity contribution in [2.24, 2.45) is 5.73 Å². The lowest BCUT2D eigenvalue weighted by molar-refractivity contribution is 0.344. The molecule has 2 rings (SSSR count). The van der Waals surface area contributed by atoms with Crippen molar-refractivity contribution in [3.8, 4) is 0 Å². The normalized spacial score (nSPS) is 18.6. The van der Waals surface area contributed by atoms with Gasteiger partial charge in [0, 0.05) is 19.6 Å². The van der Waals surface area contributed by atoms with E-state index in [4.69, 9.17) is 5.73 Å². The van der Waals surface area contributed by atoms with Gasteiger partial charge in [-0.3, -0.25) is 0 Å². The monoisotopic (exact) mass is 294 g/mol. The molecule has 20 heavy (non-hydrogen) atoms. The molecule has 1 fully saturated rings. The van der Waals surface area contributed by atoms with E-state index < -0.39 is 15.3 Å². The van der Waals surface area contributed by atoms with E-state index in [0.717, 1.165) is 30.4 Å². The second-order valence-electron chi connectivity index (χ2n) is 5.11. The standard InChI is InChI=1S/C15H22N2O2S/c1-2-15(14-8-6-13(12-16)7-9-14)20(18,19)17-10-4-3-5-11-17/h2,6-9,15H,1,3-5,10-12,16H2. The molecule has 110 valence electrons. The minimum Gasteiger partial charge on any atom is -0.326 e. The van der Waals surface area contributed by atoms with E-state index in [-0.39, 0.29) is 0 Å². The summed E-state index contributed by atoms with van der Waals surface area (Å²) in [7, 11) is -3.36. The van der Waals surface area contributed by atoms with Crippen LogP contribution in [0.25, 0.3) is 0 Å². The Hall–Kier alpha value is -1.17. The van der Waals surface area contributed by atoms with Crippen molar-refractivity contribution in [1.82, 2.24) is 4.31 Å². The molecule has 0 radical (unpaired) electrons. The SMILES string of the molecule is C=CC(c1ccc(CN)cc1)S(=O)(=O)N1CCCCC1. The Morgan fingerprint density at radius 1 is 1.20 bits per heavy atom. The lowest BCUT2D eigenvalue weighted by atomic mass is 10.1. The number of nitrogens with zero attached hydrogens (tertiary/aromatic N) is 1. The van der Waals surface area contributed by atoms with E-state index in [1.807, 2.05) is 24.3 Å². The average molecular weight is 294 g/mol. The fourth-order valence-corrected chi connectivity index (χ4v) is 4.39. The molecule has 1 unspecified atom stereocenters. The van der Waals surface area contributed by atoms with Crippen molar-refractivity contribution in [2.75, 3.05) is 13.1 Å². The van der Waals surface area contributed by atoms with Gasteiger partial charge in [0.2, 0.25) is 10.0 Å². The number of piperidine rings is 1. The molecule has 2 N–H and O–H groups in total. The molecule has 0 amide bonds. The molecular formula is C15H22N2O2S. The predicted molar refractivity (Wildman–Crippen MR) is 81.6 cm³/mol. The van der Waals surface area contributed by atoms with Gasteiger partial charge in [-0.05, 0) is 24.0 Å². The summed E-state index contributed by atoms with van der Waals surface area (Å²) in [5, 5.41) is -0.674. The Bertz CT molecular complexity index is 546. The van der Waals surface area contributed by atoms with E-state index in [1.165, 1.54) is 6.08 Å². The summed E-state index contributed by atoms with van der Waals surface area (Å²) in [5.41, 5.74) is 7.31. The molecular weight excluding hydrogens is 272 g/mol. The minimum atomic E-state index is -3.36. The van der Waals surface area contributed by atoms with Gasteiger partial charge >= 0.3 is 0 Å². The van der Waals surface area contributed by atoms with Crippen LogP contribution < -0.4 is 5.73 Å². The van der Waals surface area contributed by atoms with Gasteiger partial charge in [0.25, 0.3) is 0 Å². The Labute approximate surface area is 121 Å². The first-order valence-electron chi connectivity index (χ1n) is 7.00. The molecule has 5 heteroatoms. The highest BCUT2D eigenvalue weighted by molar-refractivity contribution is 7.89. The van der Waals surface area contributed by atoms with Crippen molar-refractivity contribution in [1.29, 1.82) is 0 Å². The predicted octanol–water partition coefficient (Wildman–Crippen LogP) is 2.19. The molecule has 1 aromatic rings. The zero-order chi connectivity index (χ0) is 14.6. The van der Waals surface area contributed by atoms with Crippen LogP contribution in [-0.4, -0.2) is 25.8 Å². The van der Waals surface area contributed by atoms with Crippen LogP contribution >= 0.6 is 0 Å². The maximum Gasteiger partial charge on any atom is 0.224 e. The Morgan fingerprint density at radius 2 is 1.80 bits per heavy atom. The van der Waals surface area contributed by atoms with Gasteiger partial charge in [0.05, 0.1) is 0 Å². The third kappa shape index (κ3) is 3.11. The van der Waals surface area contributed by atoms with Crippen molar-refractivity contribution >= 4 is 10.0 Å². The second-order valence-corrected chi connectivity index (χ2v) is 7.16. The Balaban J connectivity index is 2.27. The van der Waals surface area contributed by atoms with Crippen molar-refractivity contribution < 1.29 is 8.42 Å². The first-order chi connectivity index (χ1) is 9.59. The minimum absolute atomic E-state index is 0.456. The number of hydrogen-bond acceptors (Lipinski definition) is 3. The summed E-state index contributed by atoms with van der Waals surface area (Å²) < 4.78 is 27.0. The molecule has 1 heterocycles. The largest absolute Gasteiger partial charge is 0.326 e. The van der Waals surface area contributed by atoms with Gasteiger partial charge in [-0.25, -0.2) is 12.7 Å². The highest BCUT2D eigenvalue weighted by Gasteiger charge is 2.31. The lowest BCUT2D eigenvalue weighted by Gasteiger charge is -2.29. The molecule has 0 spiro atoms. The van der Waals surface area contributed by atoms with E-state index in [1.54, 1.807) is 4.31 Å². The maximum absolute atomic E-state index is 12.7. The van der Waals surface area contributed by atoms with Gasteiger partial charge in [-0.15, -0.1) is 6.58 Å². The van der Waals surface area contributed by atoms with Gasteiger partial charge < -0.3 is 5.73 Å². The van der Waals surface area contributed by atoms with E-state index in [0.29, 0.717) is 19.6 Å². The summed E-state index contributed by atoms with van der Waals surface area (Å²) in [5.74, 6) is 0. The molecule has 1 aliphatic heterocycles. The van der Waals surface area contributed by atoms with Crippen molar-refractivity contribution in [3.63, 3.8) is 0 Å². The van der Waals surface area contributed by atoms with Gasteiger partial charge in [0.15, 0.2) is 0 Å². The van der Waals surface area contributed by atoms with Crippen molar-refractivity contribution in [3.05, 3.63) is 48.0 Å². The van der Waals surface area contributed by atoms with Gasteiger partial charge in [-0.2, -0.15) is 0 Å². The summed E-state index contributed by atoms with van der Waals surface area (Å²) in [4.78, 5) is 0. The Morgan fingerprint density at radius 3 is 2.30 bits per heavy atom. The van der Waals surface area contributed by atoms with Crippen LogP contribution in [0.3, 0.4) is 0 Å². The summed E-state index contributed by atoms with van der Waals surface area (Å²) in [6.45, 7) is 5.40. The second kappa shape index (κ2) is 6.52. The number of benzene rings is 1. The van der Waals surface area contributed by atoms with E-state index in [2.05, 4.69) is 6.58 Å². The number of nitrogens with two attached hydrogens (primary N) is 1. The molecule has 1 atom stereocenters. The van der Waals surface area contributed by atoms with E-state index >= 15 is 0 Å². The average Bonchev–Trinajstić information content (AvgIpc) is 2.49. The summed E-state index contributed by atoms with van der Waals surface area (Å²) >= 11 is 0. The molecule has 4 nitrogen and oxygen atoms in total. The van der Waals surface area contributed by atoms with Crippen LogP contribution in [-0.2, 0) is 16.6 Å². The third-order valence-electron chi connectivity index (χ3n) is 3.75. The van der Waals surface area contributed by atoms with Crippen LogP contribution in [0.4, 0.5) is 0 Å². The van der Waals surface area contributed by atoms with Crippen LogP contribution in [0.5, 0.6) is 0 Å². The first kappa shape index (κ1) is 15.2. The number of hydrogen-bond donors (Lipinski definition) is 1.